The van der Waals surface area contributed by atoms with Crippen LogP contribution >= 0.6 is 0 Å². The smallest absolute Gasteiger partial charge is 0.255 e. The van der Waals surface area contributed by atoms with Gasteiger partial charge in [0.25, 0.3) is 5.91 Å². The number of pyridine rings is 1. The van der Waals surface area contributed by atoms with E-state index < -0.39 is 0 Å². The minimum atomic E-state index is -0.348. The molecule has 3 saturated heterocycles. The molecule has 1 amide bonds. The van der Waals surface area contributed by atoms with E-state index in [2.05, 4.69) is 9.88 Å². The maximum Gasteiger partial charge on any atom is 0.255 e. The number of aromatic nitrogens is 1. The average Bonchev–Trinajstić information content (AvgIpc) is 3.23. The minimum absolute atomic E-state index is 0.0181. The first kappa shape index (κ1) is 16.9. The molecule has 0 bridgehead atoms. The van der Waals surface area contributed by atoms with E-state index in [9.17, 15) is 4.79 Å². The van der Waals surface area contributed by atoms with Gasteiger partial charge in [0.1, 0.15) is 5.60 Å². The summed E-state index contributed by atoms with van der Waals surface area (Å²) in [5.74, 6) is 0.0181. The molecule has 3 aliphatic rings. The third kappa shape index (κ3) is 3.86. The zero-order valence-electron chi connectivity index (χ0n) is 14.7. The van der Waals surface area contributed by atoms with Crippen molar-refractivity contribution in [3.8, 4) is 0 Å². The van der Waals surface area contributed by atoms with Gasteiger partial charge in [-0.25, -0.2) is 0 Å². The Labute approximate surface area is 149 Å². The van der Waals surface area contributed by atoms with Crippen LogP contribution in [0.1, 0.15) is 36.0 Å². The first-order chi connectivity index (χ1) is 12.2. The van der Waals surface area contributed by atoms with E-state index in [1.54, 1.807) is 18.5 Å². The topological polar surface area (TPSA) is 54.9 Å². The Morgan fingerprint density at radius 2 is 2.20 bits per heavy atom. The number of amides is 1. The molecule has 0 unspecified atom stereocenters. The van der Waals surface area contributed by atoms with Gasteiger partial charge in [0.15, 0.2) is 0 Å². The second-order valence-electron chi connectivity index (χ2n) is 7.49. The fourth-order valence-electron chi connectivity index (χ4n) is 4.25. The highest BCUT2D eigenvalue weighted by atomic mass is 16.6. The largest absolute Gasteiger partial charge is 0.377 e. The van der Waals surface area contributed by atoms with Gasteiger partial charge in [-0.3, -0.25) is 9.78 Å². The second-order valence-corrected chi connectivity index (χ2v) is 7.49. The van der Waals surface area contributed by atoms with Crippen molar-refractivity contribution in [2.45, 2.75) is 37.4 Å². The van der Waals surface area contributed by atoms with Gasteiger partial charge >= 0.3 is 0 Å². The molecular formula is C19H27N3O3. The minimum Gasteiger partial charge on any atom is -0.377 e. The average molecular weight is 345 g/mol. The molecule has 6 nitrogen and oxygen atoms in total. The van der Waals surface area contributed by atoms with Gasteiger partial charge in [0.2, 0.25) is 0 Å². The van der Waals surface area contributed by atoms with Crippen LogP contribution in [0.2, 0.25) is 0 Å². The van der Waals surface area contributed by atoms with Crippen molar-refractivity contribution in [3.05, 3.63) is 30.1 Å². The lowest BCUT2D eigenvalue weighted by atomic mass is 9.99. The number of hydrogen-bond acceptors (Lipinski definition) is 5. The molecule has 4 heterocycles. The van der Waals surface area contributed by atoms with E-state index in [1.165, 1.54) is 25.9 Å². The third-order valence-electron chi connectivity index (χ3n) is 5.54. The Hall–Kier alpha value is -1.50. The summed E-state index contributed by atoms with van der Waals surface area (Å²) in [4.78, 5) is 21.3. The molecule has 0 saturated carbocycles. The summed E-state index contributed by atoms with van der Waals surface area (Å²) in [6.07, 6.45) is 8.19. The zero-order chi connectivity index (χ0) is 17.1. The maximum atomic E-state index is 12.8. The lowest BCUT2D eigenvalue weighted by molar-refractivity contribution is -0.0890. The molecule has 136 valence electrons. The van der Waals surface area contributed by atoms with E-state index in [4.69, 9.17) is 9.47 Å². The van der Waals surface area contributed by atoms with Crippen LogP contribution in [0, 0.1) is 0 Å². The number of likely N-dealkylation sites (tertiary alicyclic amines) is 1. The molecule has 0 N–H and O–H groups in total. The molecule has 3 aliphatic heterocycles. The summed E-state index contributed by atoms with van der Waals surface area (Å²) >= 11 is 0. The molecule has 0 radical (unpaired) electrons. The summed E-state index contributed by atoms with van der Waals surface area (Å²) in [5, 5.41) is 0. The van der Waals surface area contributed by atoms with Crippen LogP contribution in [0.15, 0.2) is 24.5 Å². The molecule has 1 aromatic rings. The Morgan fingerprint density at radius 3 is 3.00 bits per heavy atom. The van der Waals surface area contributed by atoms with Crippen LogP contribution in [0.5, 0.6) is 0 Å². The van der Waals surface area contributed by atoms with Crippen molar-refractivity contribution in [1.29, 1.82) is 0 Å². The van der Waals surface area contributed by atoms with E-state index in [0.717, 1.165) is 19.4 Å². The van der Waals surface area contributed by atoms with Crippen molar-refractivity contribution < 1.29 is 14.3 Å². The van der Waals surface area contributed by atoms with Gasteiger partial charge in [-0.1, -0.05) is 0 Å². The van der Waals surface area contributed by atoms with Crippen molar-refractivity contribution in [2.24, 2.45) is 0 Å². The molecule has 2 atom stereocenters. The van der Waals surface area contributed by atoms with Gasteiger partial charge < -0.3 is 19.3 Å². The van der Waals surface area contributed by atoms with Crippen LogP contribution in [0.25, 0.3) is 0 Å². The predicted molar refractivity (Wildman–Crippen MR) is 93.5 cm³/mol. The number of rotatable bonds is 3. The quantitative estimate of drug-likeness (QED) is 0.832. The van der Waals surface area contributed by atoms with Crippen LogP contribution in [-0.2, 0) is 9.47 Å². The zero-order valence-corrected chi connectivity index (χ0v) is 14.7. The first-order valence-electron chi connectivity index (χ1n) is 9.41. The number of carbonyl (C=O) groups excluding carboxylic acids is 1. The third-order valence-corrected chi connectivity index (χ3v) is 5.54. The van der Waals surface area contributed by atoms with Crippen LogP contribution in [0.4, 0.5) is 0 Å². The highest BCUT2D eigenvalue weighted by molar-refractivity contribution is 5.93. The monoisotopic (exact) mass is 345 g/mol. The number of nitrogens with zero attached hydrogens (tertiary/aromatic N) is 3. The molecule has 1 aromatic heterocycles. The molecule has 1 spiro atoms. The highest BCUT2D eigenvalue weighted by Crippen LogP contribution is 2.34. The SMILES string of the molecule is O=C(c1cccnc1)N1CCOC[C@@]2(CC[C@H](CN3CCCC3)O2)C1. The van der Waals surface area contributed by atoms with Crippen LogP contribution in [-0.4, -0.2) is 78.3 Å². The summed E-state index contributed by atoms with van der Waals surface area (Å²) in [6.45, 7) is 5.75. The van der Waals surface area contributed by atoms with Crippen molar-refractivity contribution in [1.82, 2.24) is 14.8 Å². The Balaban J connectivity index is 1.42. The molecule has 3 fully saturated rings. The van der Waals surface area contributed by atoms with Crippen LogP contribution < -0.4 is 0 Å². The molecule has 4 rings (SSSR count). The summed E-state index contributed by atoms with van der Waals surface area (Å²) in [6, 6.07) is 3.62. The highest BCUT2D eigenvalue weighted by Gasteiger charge is 2.44. The number of carbonyl (C=O) groups is 1. The molecular weight excluding hydrogens is 318 g/mol. The second kappa shape index (κ2) is 7.40. The summed E-state index contributed by atoms with van der Waals surface area (Å²) in [5.41, 5.74) is 0.282. The molecule has 25 heavy (non-hydrogen) atoms. The van der Waals surface area contributed by atoms with E-state index in [-0.39, 0.29) is 17.6 Å². The van der Waals surface area contributed by atoms with Crippen molar-refractivity contribution in [2.75, 3.05) is 45.9 Å². The van der Waals surface area contributed by atoms with Crippen molar-refractivity contribution >= 4 is 5.91 Å². The normalized spacial score (nSPS) is 30.7. The van der Waals surface area contributed by atoms with Gasteiger partial charge in [-0.15, -0.1) is 0 Å². The number of ether oxygens (including phenoxy) is 2. The van der Waals surface area contributed by atoms with E-state index in [0.29, 0.717) is 31.9 Å². The fraction of sp³-hybridized carbons (Fsp3) is 0.684. The predicted octanol–water partition coefficient (Wildman–Crippen LogP) is 1.57. The van der Waals surface area contributed by atoms with Gasteiger partial charge in [-0.2, -0.15) is 0 Å². The lowest BCUT2D eigenvalue weighted by Crippen LogP contribution is -2.47. The van der Waals surface area contributed by atoms with Crippen LogP contribution in [0.3, 0.4) is 0 Å². The molecule has 0 aromatic carbocycles. The van der Waals surface area contributed by atoms with E-state index >= 15 is 0 Å². The van der Waals surface area contributed by atoms with Gasteiger partial charge in [0.05, 0.1) is 31.4 Å². The Kier molecular flexibility index (Phi) is 5.01. The van der Waals surface area contributed by atoms with Crippen molar-refractivity contribution in [3.63, 3.8) is 0 Å². The van der Waals surface area contributed by atoms with E-state index in [1.807, 2.05) is 11.0 Å². The Morgan fingerprint density at radius 1 is 1.32 bits per heavy atom. The van der Waals surface area contributed by atoms with Gasteiger partial charge in [-0.05, 0) is 50.9 Å². The fourth-order valence-corrected chi connectivity index (χ4v) is 4.25. The molecule has 0 aliphatic carbocycles. The number of hydrogen-bond donors (Lipinski definition) is 0. The maximum absolute atomic E-state index is 12.8. The molecule has 6 heteroatoms. The summed E-state index contributed by atoms with van der Waals surface area (Å²) in [7, 11) is 0. The summed E-state index contributed by atoms with van der Waals surface area (Å²) < 4.78 is 12.3. The first-order valence-corrected chi connectivity index (χ1v) is 9.41. The standard InChI is InChI=1S/C19H27N3O3/c23-18(16-4-3-7-20-12-16)22-10-11-24-15-19(14-22)6-5-17(25-19)13-21-8-1-2-9-21/h3-4,7,12,17H,1-2,5-6,8-11,13-15H2/t17-,19-/m1/s1. The lowest BCUT2D eigenvalue weighted by Gasteiger charge is -2.32. The Bertz CT molecular complexity index is 591. The van der Waals surface area contributed by atoms with Gasteiger partial charge in [0, 0.05) is 25.5 Å².